The quantitative estimate of drug-likeness (QED) is 0.585. The van der Waals surface area contributed by atoms with Crippen molar-refractivity contribution < 1.29 is 70.2 Å². The average molecular weight is 461 g/mol. The molecule has 0 atom stereocenters. The van der Waals surface area contributed by atoms with Crippen LogP contribution in [0.25, 0.3) is 26.8 Å². The van der Waals surface area contributed by atoms with Gasteiger partial charge in [0.25, 0.3) is 0 Å². The standard InChI is InChI=1S/C15H14N3OS.2Y/c1-2-4-13(19)18-14-7-6-12(20-14)11-9-17-15-10(11)5-3-8-16-15;;/h3-9H,2H2,1H3,(H2,16,17,18,19);;/q-1;;/p-1. The summed E-state index contributed by atoms with van der Waals surface area (Å²) in [7, 11) is 0. The summed E-state index contributed by atoms with van der Waals surface area (Å²) in [4.78, 5) is 20.0. The fourth-order valence-corrected chi connectivity index (χ4v) is 2.93. The minimum atomic E-state index is -0.179. The van der Waals surface area contributed by atoms with Gasteiger partial charge in [-0.25, -0.2) is 4.98 Å². The number of carbonyl (C=O) groups excluding carboxylic acids is 1. The Kier molecular flexibility index (Phi) is 8.44. The predicted molar refractivity (Wildman–Crippen MR) is 82.0 cm³/mol. The molecule has 1 N–H and O–H groups in total. The fraction of sp³-hybridized carbons (Fsp3) is 0.133. The van der Waals surface area contributed by atoms with Gasteiger partial charge in [0, 0.05) is 93.6 Å². The maximum Gasteiger partial charge on any atom is 0.137 e. The van der Waals surface area contributed by atoms with Crippen LogP contribution in [0.15, 0.2) is 36.7 Å². The molecular formula is C15H13N3OSY2-2. The number of aromatic nitrogens is 2. The van der Waals surface area contributed by atoms with E-state index in [4.69, 9.17) is 0 Å². The monoisotopic (exact) mass is 461 g/mol. The maximum atomic E-state index is 11.5. The van der Waals surface area contributed by atoms with E-state index in [-0.39, 0.29) is 71.3 Å². The Labute approximate surface area is 183 Å². The van der Waals surface area contributed by atoms with Crippen molar-refractivity contribution in [3.8, 4) is 10.4 Å². The number of nitrogens with one attached hydrogen (secondary N) is 1. The van der Waals surface area contributed by atoms with E-state index in [1.165, 1.54) is 11.3 Å². The minimum Gasteiger partial charge on any atom is -0.645 e. The van der Waals surface area contributed by atoms with Crippen LogP contribution in [0.2, 0.25) is 0 Å². The van der Waals surface area contributed by atoms with Gasteiger partial charge in [-0.05, 0) is 18.2 Å². The number of fused-ring (bicyclic) bond motifs is 1. The number of carbonyl (C=O) groups is 1. The van der Waals surface area contributed by atoms with Crippen molar-refractivity contribution in [2.75, 3.05) is 0 Å². The van der Waals surface area contributed by atoms with E-state index in [0.29, 0.717) is 6.42 Å². The van der Waals surface area contributed by atoms with E-state index in [9.17, 15) is 4.79 Å². The molecule has 0 bridgehead atoms. The van der Waals surface area contributed by atoms with Crippen molar-refractivity contribution in [3.63, 3.8) is 0 Å². The van der Waals surface area contributed by atoms with Crippen molar-refractivity contribution in [2.24, 2.45) is 0 Å². The van der Waals surface area contributed by atoms with Crippen LogP contribution in [0.5, 0.6) is 0 Å². The number of hydrogen-bond donors (Lipinski definition) is 1. The topological polar surface area (TPSA) is 59.9 Å². The molecule has 2 radical (unpaired) electrons. The zero-order valence-electron chi connectivity index (χ0n) is 12.1. The van der Waals surface area contributed by atoms with Crippen LogP contribution in [0, 0.1) is 6.42 Å². The maximum absolute atomic E-state index is 11.5. The molecule has 0 aliphatic rings. The van der Waals surface area contributed by atoms with Crippen LogP contribution in [-0.2, 0) is 70.2 Å². The van der Waals surface area contributed by atoms with Crippen LogP contribution >= 0.6 is 11.3 Å². The first-order valence-electron chi connectivity index (χ1n) is 6.39. The van der Waals surface area contributed by atoms with Gasteiger partial charge in [-0.2, -0.15) is 17.8 Å². The van der Waals surface area contributed by atoms with E-state index in [1.54, 1.807) is 12.6 Å². The van der Waals surface area contributed by atoms with E-state index in [2.05, 4.69) is 15.3 Å². The molecule has 0 fully saturated rings. The third kappa shape index (κ3) is 4.48. The molecule has 3 rings (SSSR count). The molecule has 0 saturated heterocycles. The molecule has 7 heteroatoms. The second-order valence-corrected chi connectivity index (χ2v) is 5.36. The smallest absolute Gasteiger partial charge is 0.137 e. The summed E-state index contributed by atoms with van der Waals surface area (Å²) < 4.78 is 0. The number of nitrogens with zero attached hydrogens (tertiary/aromatic N) is 2. The number of H-pyrrole nitrogens is 1. The molecular weight excluding hydrogens is 448 g/mol. The second kappa shape index (κ2) is 9.29. The average Bonchev–Trinajstić information content (AvgIpc) is 3.05. The van der Waals surface area contributed by atoms with E-state index < -0.39 is 0 Å². The Morgan fingerprint density at radius 3 is 2.95 bits per heavy atom. The van der Waals surface area contributed by atoms with E-state index in [0.717, 1.165) is 26.5 Å². The summed E-state index contributed by atoms with van der Waals surface area (Å²) in [6.45, 7) is 1.92. The number of amides is 1. The van der Waals surface area contributed by atoms with E-state index >= 15 is 0 Å². The van der Waals surface area contributed by atoms with Gasteiger partial charge in [0.2, 0.25) is 0 Å². The summed E-state index contributed by atoms with van der Waals surface area (Å²) in [6.07, 6.45) is 5.98. The van der Waals surface area contributed by atoms with Crippen molar-refractivity contribution in [1.29, 1.82) is 0 Å². The SMILES string of the molecule is CC[CH-]C(=O)[N-]c1ccc(-c2c[nH]c3ncccc23)s1.[Y].[Y]. The first-order valence-corrected chi connectivity index (χ1v) is 7.21. The summed E-state index contributed by atoms with van der Waals surface area (Å²) in [5, 5.41) is 5.86. The van der Waals surface area contributed by atoms with Gasteiger partial charge in [0.05, 0.1) is 0 Å². The van der Waals surface area contributed by atoms with Crippen molar-refractivity contribution >= 4 is 33.3 Å². The number of aromatic amines is 1. The summed E-state index contributed by atoms with van der Waals surface area (Å²) >= 11 is 1.50. The van der Waals surface area contributed by atoms with Gasteiger partial charge < -0.3 is 21.5 Å². The van der Waals surface area contributed by atoms with Crippen molar-refractivity contribution in [3.05, 3.63) is 48.4 Å². The van der Waals surface area contributed by atoms with Gasteiger partial charge in [-0.1, -0.05) is 23.9 Å². The first-order chi connectivity index (χ1) is 9.78. The predicted octanol–water partition coefficient (Wildman–Crippen LogP) is 4.43. The molecule has 0 saturated carbocycles. The largest absolute Gasteiger partial charge is 0.645 e. The number of rotatable bonds is 4. The molecule has 1 amide bonds. The molecule has 108 valence electrons. The van der Waals surface area contributed by atoms with Gasteiger partial charge in [-0.15, -0.1) is 0 Å². The van der Waals surface area contributed by atoms with Gasteiger partial charge in [0.15, 0.2) is 0 Å². The van der Waals surface area contributed by atoms with Crippen LogP contribution in [-0.4, -0.2) is 15.9 Å². The molecule has 3 aromatic rings. The molecule has 0 unspecified atom stereocenters. The Hall–Kier alpha value is -0.0622. The minimum absolute atomic E-state index is 0. The zero-order valence-corrected chi connectivity index (χ0v) is 18.6. The Balaban J connectivity index is 0.00000121. The van der Waals surface area contributed by atoms with Crippen molar-refractivity contribution in [1.82, 2.24) is 9.97 Å². The van der Waals surface area contributed by atoms with Gasteiger partial charge >= 0.3 is 0 Å². The molecule has 4 nitrogen and oxygen atoms in total. The molecule has 0 aliphatic heterocycles. The van der Waals surface area contributed by atoms with Crippen molar-refractivity contribution in [2.45, 2.75) is 13.3 Å². The molecule has 22 heavy (non-hydrogen) atoms. The fourth-order valence-electron chi connectivity index (χ4n) is 2.02. The van der Waals surface area contributed by atoms with Crippen LogP contribution < -0.4 is 0 Å². The third-order valence-corrected chi connectivity index (χ3v) is 3.92. The summed E-state index contributed by atoms with van der Waals surface area (Å²) in [6, 6.07) is 7.80. The number of hydrogen-bond acceptors (Lipinski definition) is 3. The van der Waals surface area contributed by atoms with Crippen LogP contribution in [0.1, 0.15) is 13.3 Å². The Bertz CT molecular complexity index is 754. The van der Waals surface area contributed by atoms with Crippen LogP contribution in [0.4, 0.5) is 5.00 Å². The molecule has 0 aliphatic carbocycles. The molecule has 0 spiro atoms. The van der Waals surface area contributed by atoms with Crippen LogP contribution in [0.3, 0.4) is 0 Å². The first kappa shape index (κ1) is 20.0. The third-order valence-electron chi connectivity index (χ3n) is 2.91. The Morgan fingerprint density at radius 1 is 1.36 bits per heavy atom. The normalized spacial score (nSPS) is 9.68. The summed E-state index contributed by atoms with van der Waals surface area (Å²) in [5.74, 6) is -0.179. The molecule has 0 aromatic carbocycles. The van der Waals surface area contributed by atoms with E-state index in [1.807, 2.05) is 37.4 Å². The van der Waals surface area contributed by atoms with Gasteiger partial charge in [0.1, 0.15) is 5.65 Å². The second-order valence-electron chi connectivity index (χ2n) is 4.30. The van der Waals surface area contributed by atoms with Gasteiger partial charge in [-0.3, -0.25) is 0 Å². The Morgan fingerprint density at radius 2 is 2.18 bits per heavy atom. The number of pyridine rings is 1. The molecule has 3 aromatic heterocycles. The zero-order chi connectivity index (χ0) is 13.9. The number of thiophene rings is 1. The summed E-state index contributed by atoms with van der Waals surface area (Å²) in [5.41, 5.74) is 1.95. The molecule has 3 heterocycles.